The summed E-state index contributed by atoms with van der Waals surface area (Å²) in [6, 6.07) is 0. The number of rotatable bonds is 3. The average molecular weight is 372 g/mol. The molecule has 0 aliphatic heterocycles. The Labute approximate surface area is 104 Å². The Morgan fingerprint density at radius 1 is 1.53 bits per heavy atom. The van der Waals surface area contributed by atoms with Crippen molar-refractivity contribution in [2.45, 2.75) is 16.4 Å². The Morgan fingerprint density at radius 2 is 1.80 bits per heavy atom. The second-order valence-electron chi connectivity index (χ2n) is 2.53. The lowest BCUT2D eigenvalue weighted by atomic mass is 10.5. The highest BCUT2D eigenvalue weighted by atomic mass is 79.9. The van der Waals surface area contributed by atoms with Crippen LogP contribution in [0, 0.1) is 5.41 Å². The van der Waals surface area contributed by atoms with E-state index in [0.29, 0.717) is 0 Å². The van der Waals surface area contributed by atoms with Crippen molar-refractivity contribution in [1.29, 1.82) is 5.41 Å². The fourth-order valence-electron chi connectivity index (χ4n) is 0.188. The van der Waals surface area contributed by atoms with E-state index in [1.54, 1.807) is 6.92 Å². The summed E-state index contributed by atoms with van der Waals surface area (Å²) < 4.78 is 26.7. The van der Waals surface area contributed by atoms with Crippen LogP contribution < -0.4 is 5.73 Å². The highest BCUT2D eigenvalue weighted by Gasteiger charge is 2.17. The average Bonchev–Trinajstić information content (AvgIpc) is 1.78. The van der Waals surface area contributed by atoms with Crippen LogP contribution in [0.1, 0.15) is 6.92 Å². The minimum atomic E-state index is -4.22. The molecule has 0 bridgehead atoms. The zero-order chi connectivity index (χ0) is 12.9. The van der Waals surface area contributed by atoms with E-state index >= 15 is 0 Å². The Balaban J connectivity index is 0. The van der Waals surface area contributed by atoms with Gasteiger partial charge in [-0.25, -0.2) is 0 Å². The van der Waals surface area contributed by atoms with Gasteiger partial charge in [0.2, 0.25) is 0 Å². The van der Waals surface area contributed by atoms with Gasteiger partial charge in [0.1, 0.15) is 14.8 Å². The quantitative estimate of drug-likeness (QED) is 0.150. The first-order valence-electron chi connectivity index (χ1n) is 3.40. The third-order valence-corrected chi connectivity index (χ3v) is 2.41. The summed E-state index contributed by atoms with van der Waals surface area (Å²) in [5.41, 5.74) is 5.06. The number of halogens is 2. The zero-order valence-corrected chi connectivity index (χ0v) is 11.7. The lowest BCUT2D eigenvalue weighted by molar-refractivity contribution is -0.0207. The van der Waals surface area contributed by atoms with Gasteiger partial charge < -0.3 is 15.9 Å². The van der Waals surface area contributed by atoms with Crippen LogP contribution >= 0.6 is 31.9 Å². The molecule has 6 N–H and O–H groups in total. The van der Waals surface area contributed by atoms with Crippen LogP contribution in [0.3, 0.4) is 0 Å². The molecular formula is C5H12Br2N2O5S. The molecule has 0 fully saturated rings. The van der Waals surface area contributed by atoms with Gasteiger partial charge in [-0.2, -0.15) is 8.42 Å². The van der Waals surface area contributed by atoms with Crippen LogP contribution in [-0.2, 0) is 10.1 Å². The summed E-state index contributed by atoms with van der Waals surface area (Å²) in [4.78, 5) is 0. The van der Waals surface area contributed by atoms with Crippen molar-refractivity contribution < 1.29 is 23.2 Å². The summed E-state index contributed by atoms with van der Waals surface area (Å²) in [5, 5.41) is 22.6. The molecule has 0 unspecified atom stereocenters. The molecule has 0 amide bonds. The van der Waals surface area contributed by atoms with E-state index in [1.165, 1.54) is 0 Å². The Bertz CT molecular complexity index is 297. The second-order valence-corrected chi connectivity index (χ2v) is 8.26. The number of hydrogen-bond acceptors (Lipinski definition) is 5. The molecule has 92 valence electrons. The van der Waals surface area contributed by atoms with E-state index in [-0.39, 0.29) is 5.84 Å². The molecule has 0 aromatic carbocycles. The molecule has 0 aromatic heterocycles. The van der Waals surface area contributed by atoms with Gasteiger partial charge in [-0.15, -0.1) is 0 Å². The maximum Gasteiger partial charge on any atom is 0.269 e. The maximum atomic E-state index is 9.68. The monoisotopic (exact) mass is 370 g/mol. The number of nitrogens with one attached hydrogen (secondary N) is 1. The fourth-order valence-corrected chi connectivity index (χ4v) is 0.565. The van der Waals surface area contributed by atoms with Crippen LogP contribution in [0.25, 0.3) is 0 Å². The van der Waals surface area contributed by atoms with Crippen molar-refractivity contribution >= 4 is 47.8 Å². The molecule has 15 heavy (non-hydrogen) atoms. The summed E-state index contributed by atoms with van der Waals surface area (Å²) in [5.74, 6) is -0.958. The van der Waals surface area contributed by atoms with E-state index in [1.807, 2.05) is 0 Å². The molecule has 0 atom stereocenters. The molecular weight excluding hydrogens is 360 g/mol. The lowest BCUT2D eigenvalue weighted by Gasteiger charge is -2.09. The number of aliphatic hydroxyl groups excluding tert-OH is 1. The molecule has 0 rings (SSSR count). The van der Waals surface area contributed by atoms with Gasteiger partial charge in [0.25, 0.3) is 10.1 Å². The van der Waals surface area contributed by atoms with Crippen LogP contribution in [0.4, 0.5) is 0 Å². The summed E-state index contributed by atoms with van der Waals surface area (Å²) in [6.45, 7) is 1.75. The number of amidine groups is 1. The van der Waals surface area contributed by atoms with Crippen LogP contribution in [0.5, 0.6) is 0 Å². The first-order chi connectivity index (χ1) is 6.36. The van der Waals surface area contributed by atoms with Crippen molar-refractivity contribution in [3.8, 4) is 0 Å². The minimum Gasteiger partial charge on any atom is -0.386 e. The van der Waals surface area contributed by atoms with Crippen molar-refractivity contribution in [2.24, 2.45) is 5.73 Å². The van der Waals surface area contributed by atoms with E-state index in [2.05, 4.69) is 31.9 Å². The van der Waals surface area contributed by atoms with E-state index < -0.39 is 25.4 Å². The number of alkyl halides is 2. The largest absolute Gasteiger partial charge is 0.386 e. The van der Waals surface area contributed by atoms with Crippen molar-refractivity contribution in [2.75, 3.05) is 5.75 Å². The maximum absolute atomic E-state index is 9.68. The van der Waals surface area contributed by atoms with Gasteiger partial charge in [0, 0.05) is 0 Å². The number of nitrogens with two attached hydrogens (primary N) is 1. The van der Waals surface area contributed by atoms with Gasteiger partial charge in [-0.1, -0.05) is 31.9 Å². The highest BCUT2D eigenvalue weighted by Crippen LogP contribution is 2.23. The number of aliphatic hydroxyl groups is 2. The van der Waals surface area contributed by atoms with Crippen molar-refractivity contribution in [1.82, 2.24) is 0 Å². The Hall–Kier alpha value is 0.260. The summed E-state index contributed by atoms with van der Waals surface area (Å²) >= 11 is 6.22. The first kappa shape index (κ1) is 17.6. The molecule has 0 aliphatic rings. The predicted octanol–water partition coefficient (Wildman–Crippen LogP) is -0.387. The molecule has 0 radical (unpaired) electrons. The smallest absolute Gasteiger partial charge is 0.269 e. The molecule has 0 aromatic rings. The molecule has 0 spiro atoms. The summed E-state index contributed by atoms with van der Waals surface area (Å²) in [7, 11) is -4.22. The molecule has 0 saturated heterocycles. The number of hydrogen-bond donors (Lipinski definition) is 5. The molecule has 0 aliphatic carbocycles. The van der Waals surface area contributed by atoms with E-state index in [4.69, 9.17) is 25.9 Å². The van der Waals surface area contributed by atoms with Crippen molar-refractivity contribution in [3.05, 3.63) is 0 Å². The van der Waals surface area contributed by atoms with Crippen molar-refractivity contribution in [3.63, 3.8) is 0 Å². The van der Waals surface area contributed by atoms with E-state index in [0.717, 1.165) is 0 Å². The van der Waals surface area contributed by atoms with Gasteiger partial charge in [0.05, 0.1) is 0 Å². The van der Waals surface area contributed by atoms with E-state index in [9.17, 15) is 8.42 Å². The fraction of sp³-hybridized carbons (Fsp3) is 0.800. The molecule has 0 heterocycles. The topological polar surface area (TPSA) is 145 Å². The molecule has 0 saturated carbocycles. The van der Waals surface area contributed by atoms with Gasteiger partial charge in [0.15, 0.2) is 6.29 Å². The SMILES string of the molecule is CC(Br)(Br)C(=N)N.O=S(=O)(O)CC(O)O. The molecule has 7 nitrogen and oxygen atoms in total. The summed E-state index contributed by atoms with van der Waals surface area (Å²) in [6.07, 6.45) is -2.00. The normalized spacial score (nSPS) is 11.9. The predicted molar refractivity (Wildman–Crippen MR) is 62.8 cm³/mol. The van der Waals surface area contributed by atoms with Gasteiger partial charge in [-0.05, 0) is 6.92 Å². The minimum absolute atomic E-state index is 0.0764. The van der Waals surface area contributed by atoms with Crippen LogP contribution in [0.2, 0.25) is 0 Å². The molecule has 10 heteroatoms. The first-order valence-corrected chi connectivity index (χ1v) is 6.59. The second kappa shape index (κ2) is 6.76. The Morgan fingerprint density at radius 3 is 1.80 bits per heavy atom. The third-order valence-electron chi connectivity index (χ3n) is 0.833. The third kappa shape index (κ3) is 16.9. The van der Waals surface area contributed by atoms with Gasteiger partial charge in [-0.3, -0.25) is 9.96 Å². The highest BCUT2D eigenvalue weighted by molar-refractivity contribution is 9.25. The zero-order valence-electron chi connectivity index (χ0n) is 7.68. The Kier molecular flexibility index (Phi) is 7.95. The van der Waals surface area contributed by atoms with Crippen LogP contribution in [0.15, 0.2) is 0 Å². The van der Waals surface area contributed by atoms with Gasteiger partial charge >= 0.3 is 0 Å². The lowest BCUT2D eigenvalue weighted by Crippen LogP contribution is -2.27. The standard InChI is InChI=1S/C3H6Br2N2.C2H6O5S/c1-3(4,5)2(6)7;3-2(4)1-8(5,6)7/h1H3,(H3,6,7);2-4H,1H2,(H,5,6,7). The van der Waals surface area contributed by atoms with Crippen LogP contribution in [-0.4, -0.2) is 44.3 Å².